The molecule has 0 radical (unpaired) electrons. The van der Waals surface area contributed by atoms with Crippen LogP contribution in [0.5, 0.6) is 0 Å². The quantitative estimate of drug-likeness (QED) is 0.101. The molecule has 6 aliphatic heterocycles. The molecule has 266 valence electrons. The van der Waals surface area contributed by atoms with Crippen LogP contribution in [0, 0.1) is 0 Å². The minimum Gasteiger partial charge on any atom is -0.394 e. The van der Waals surface area contributed by atoms with E-state index in [1.165, 1.54) is 6.92 Å². The van der Waals surface area contributed by atoms with Crippen LogP contribution in [-0.4, -0.2) is 199 Å². The molecule has 0 spiro atoms. The summed E-state index contributed by atoms with van der Waals surface area (Å²) >= 11 is 0. The second-order valence-corrected chi connectivity index (χ2v) is 12.4. The highest BCUT2D eigenvalue weighted by Crippen LogP contribution is 2.44. The first-order valence-electron chi connectivity index (χ1n) is 15.1. The molecule has 0 aromatic heterocycles. The lowest BCUT2D eigenvalue weighted by Crippen LogP contribution is -2.78. The van der Waals surface area contributed by atoms with Crippen molar-refractivity contribution in [1.29, 1.82) is 0 Å². The van der Waals surface area contributed by atoms with E-state index in [0.717, 1.165) is 0 Å². The van der Waals surface area contributed by atoms with Crippen molar-refractivity contribution in [2.24, 2.45) is 5.73 Å². The molecule has 0 aromatic rings. The monoisotopic (exact) mass is 673 g/mol. The Bertz CT molecular complexity index is 1060. The number of nitrogens with two attached hydrogens (primary N) is 1. The van der Waals surface area contributed by atoms with Gasteiger partial charge in [-0.1, -0.05) is 6.92 Å². The normalized spacial score (nSPS) is 57.1. The highest BCUT2D eigenvalue weighted by atomic mass is 16.8. The van der Waals surface area contributed by atoms with Crippen molar-refractivity contribution < 1.29 is 93.7 Å². The summed E-state index contributed by atoms with van der Waals surface area (Å²) in [5.41, 5.74) is 3.32. The zero-order valence-electron chi connectivity index (χ0n) is 24.7. The molecular formula is C26H43NO19. The van der Waals surface area contributed by atoms with Gasteiger partial charge in [-0.25, -0.2) is 0 Å². The third kappa shape index (κ3) is 5.60. The third-order valence-corrected chi connectivity index (χ3v) is 9.64. The average Bonchev–Trinajstić information content (AvgIpc) is 3.52. The van der Waals surface area contributed by atoms with Crippen molar-refractivity contribution in [3.05, 3.63) is 0 Å². The Morgan fingerprint density at radius 3 is 1.91 bits per heavy atom. The molecule has 0 aromatic carbocycles. The fourth-order valence-corrected chi connectivity index (χ4v) is 6.95. The number of aliphatic hydroxyl groups excluding tert-OH is 9. The fourth-order valence-electron chi connectivity index (χ4n) is 6.95. The molecule has 6 heterocycles. The minimum absolute atomic E-state index is 0.0293. The predicted molar refractivity (Wildman–Crippen MR) is 140 cm³/mol. The van der Waals surface area contributed by atoms with Crippen LogP contribution < -0.4 is 5.73 Å². The first-order chi connectivity index (χ1) is 21.8. The van der Waals surface area contributed by atoms with Crippen molar-refractivity contribution in [3.63, 3.8) is 0 Å². The van der Waals surface area contributed by atoms with Gasteiger partial charge in [0.15, 0.2) is 24.6 Å². The number of ether oxygens (including phenoxy) is 9. The van der Waals surface area contributed by atoms with Crippen molar-refractivity contribution in [1.82, 2.24) is 0 Å². The van der Waals surface area contributed by atoms with Gasteiger partial charge in [0, 0.05) is 6.42 Å². The Hall–Kier alpha value is -0.800. The zero-order valence-corrected chi connectivity index (χ0v) is 24.7. The number of rotatable bonds is 9. The van der Waals surface area contributed by atoms with Gasteiger partial charge in [-0.3, -0.25) is 5.73 Å². The van der Waals surface area contributed by atoms with Gasteiger partial charge in [-0.05, 0) is 0 Å². The van der Waals surface area contributed by atoms with Gasteiger partial charge in [-0.2, -0.15) is 0 Å². The Morgan fingerprint density at radius 1 is 0.696 bits per heavy atom. The van der Waals surface area contributed by atoms with Crippen LogP contribution in [0.25, 0.3) is 0 Å². The van der Waals surface area contributed by atoms with E-state index < -0.39 is 135 Å². The van der Waals surface area contributed by atoms with E-state index in [-0.39, 0.29) is 19.6 Å². The van der Waals surface area contributed by atoms with Crippen LogP contribution in [-0.2, 0) is 42.6 Å². The molecule has 0 unspecified atom stereocenters. The maximum Gasteiger partial charge on any atom is 0.214 e. The molecule has 6 aliphatic rings. The van der Waals surface area contributed by atoms with Crippen molar-refractivity contribution in [2.75, 3.05) is 26.4 Å². The Labute approximate surface area is 261 Å². The standard InChI is InChI=1S/C26H43NO19/c1-2-25(26(27,37)21(35)12(31)8(4-29)45-25)46-17-10-6-39-20(17)15(34)24(42-10)44-18-11(30)7(3-28)41-23(14(18)33)43-16-9-5-38-19(16)13(32)22(36)40-9/h7-24,28-37H,2-6,27H2,1H3/t7-,8-,9+,10+,11-,12+,13+,14-,15+,16+,17+,18+,19+,20+,21+,22-,23+,24+,25+,26-/m1/s1. The molecule has 6 fully saturated rings. The number of fused-ring (bicyclic) bond motifs is 4. The van der Waals surface area contributed by atoms with Crippen LogP contribution in [0.4, 0.5) is 0 Å². The van der Waals surface area contributed by atoms with Gasteiger partial charge in [0.25, 0.3) is 0 Å². The van der Waals surface area contributed by atoms with Gasteiger partial charge in [0.2, 0.25) is 5.79 Å². The summed E-state index contributed by atoms with van der Waals surface area (Å²) in [5.74, 6) is -2.20. The molecule has 6 saturated heterocycles. The lowest BCUT2D eigenvalue weighted by atomic mass is 9.85. The van der Waals surface area contributed by atoms with Gasteiger partial charge >= 0.3 is 0 Å². The first kappa shape index (κ1) is 35.0. The average molecular weight is 674 g/mol. The fraction of sp³-hybridized carbons (Fsp3) is 1.00. The summed E-state index contributed by atoms with van der Waals surface area (Å²) in [4.78, 5) is 0. The molecule has 0 saturated carbocycles. The Kier molecular flexibility index (Phi) is 10.0. The van der Waals surface area contributed by atoms with Gasteiger partial charge in [0.1, 0.15) is 91.6 Å². The summed E-state index contributed by atoms with van der Waals surface area (Å²) in [5, 5.41) is 105. The van der Waals surface area contributed by atoms with Crippen LogP contribution in [0.3, 0.4) is 0 Å². The van der Waals surface area contributed by atoms with Crippen LogP contribution in [0.1, 0.15) is 13.3 Å². The van der Waals surface area contributed by atoms with E-state index in [2.05, 4.69) is 0 Å². The van der Waals surface area contributed by atoms with E-state index in [1.807, 2.05) is 0 Å². The van der Waals surface area contributed by atoms with E-state index >= 15 is 0 Å². The van der Waals surface area contributed by atoms with E-state index in [0.29, 0.717) is 0 Å². The van der Waals surface area contributed by atoms with Crippen LogP contribution >= 0.6 is 0 Å². The number of hydrogen-bond acceptors (Lipinski definition) is 20. The molecule has 4 bridgehead atoms. The summed E-state index contributed by atoms with van der Waals surface area (Å²) in [6, 6.07) is 0. The molecule has 20 atom stereocenters. The van der Waals surface area contributed by atoms with Gasteiger partial charge < -0.3 is 93.7 Å². The van der Waals surface area contributed by atoms with E-state index in [4.69, 9.17) is 48.4 Å². The largest absolute Gasteiger partial charge is 0.394 e. The smallest absolute Gasteiger partial charge is 0.214 e. The first-order valence-corrected chi connectivity index (χ1v) is 15.1. The number of hydrogen-bond donors (Lipinski definition) is 11. The van der Waals surface area contributed by atoms with Crippen LogP contribution in [0.2, 0.25) is 0 Å². The lowest BCUT2D eigenvalue weighted by molar-refractivity contribution is -0.425. The maximum absolute atomic E-state index is 11.2. The summed E-state index contributed by atoms with van der Waals surface area (Å²) in [6.07, 6.45) is -25.7. The zero-order chi connectivity index (χ0) is 33.3. The van der Waals surface area contributed by atoms with Gasteiger partial charge in [0.05, 0.1) is 26.4 Å². The Morgan fingerprint density at radius 2 is 1.28 bits per heavy atom. The second-order valence-electron chi connectivity index (χ2n) is 12.4. The second kappa shape index (κ2) is 13.2. The highest BCUT2D eigenvalue weighted by molar-refractivity contribution is 5.07. The third-order valence-electron chi connectivity index (χ3n) is 9.64. The molecule has 6 rings (SSSR count). The molecular weight excluding hydrogens is 630 g/mol. The van der Waals surface area contributed by atoms with E-state index in [9.17, 15) is 51.1 Å². The molecule has 20 nitrogen and oxygen atoms in total. The molecule has 12 N–H and O–H groups in total. The molecule has 20 heteroatoms. The highest BCUT2D eigenvalue weighted by Gasteiger charge is 2.66. The molecule has 0 amide bonds. The van der Waals surface area contributed by atoms with Crippen molar-refractivity contribution in [3.8, 4) is 0 Å². The summed E-state index contributed by atoms with van der Waals surface area (Å²) in [7, 11) is 0. The van der Waals surface area contributed by atoms with Gasteiger partial charge in [-0.15, -0.1) is 0 Å². The predicted octanol–water partition coefficient (Wildman–Crippen LogP) is -7.59. The van der Waals surface area contributed by atoms with E-state index in [1.54, 1.807) is 0 Å². The minimum atomic E-state index is -2.68. The van der Waals surface area contributed by atoms with Crippen molar-refractivity contribution in [2.45, 2.75) is 135 Å². The van der Waals surface area contributed by atoms with Crippen molar-refractivity contribution >= 4 is 0 Å². The molecule has 0 aliphatic carbocycles. The lowest BCUT2D eigenvalue weighted by Gasteiger charge is -2.55. The number of aliphatic hydroxyl groups is 10. The molecule has 46 heavy (non-hydrogen) atoms. The SMILES string of the molecule is CC[C@@]1(O[C@@H]2[C@H]3OC[C@@H]2O[C@@H](O[C@@H]2[C@@H](O)[C@H](O[C@@H]4[C@H]5OC[C@@H]4O[C@@H](O)[C@H]5O)O[C@H](CO)[C@H]2O)[C@H]3O)O[C@H](CO)[C@H](O)[C@H](O)[C@@]1(N)O. The Balaban J connectivity index is 1.16. The summed E-state index contributed by atoms with van der Waals surface area (Å²) in [6.45, 7) is -0.156. The topological polar surface area (TPSA) is 311 Å². The maximum atomic E-state index is 11.2. The summed E-state index contributed by atoms with van der Waals surface area (Å²) < 4.78 is 51.4. The van der Waals surface area contributed by atoms with Crippen LogP contribution in [0.15, 0.2) is 0 Å².